The largest absolute Gasteiger partial charge is 0.325 e. The molecular formula is C21H17N3O2. The molecule has 0 saturated heterocycles. The van der Waals surface area contributed by atoms with Crippen molar-refractivity contribution in [1.82, 2.24) is 9.55 Å². The lowest BCUT2D eigenvalue weighted by Gasteiger charge is -2.10. The van der Waals surface area contributed by atoms with E-state index in [1.807, 2.05) is 54.6 Å². The highest BCUT2D eigenvalue weighted by atomic mass is 16.1. The number of rotatable bonds is 4. The third kappa shape index (κ3) is 3.07. The van der Waals surface area contributed by atoms with Crippen molar-refractivity contribution in [3.63, 3.8) is 0 Å². The molecule has 0 saturated carbocycles. The van der Waals surface area contributed by atoms with Crippen LogP contribution in [0.1, 0.15) is 6.42 Å². The summed E-state index contributed by atoms with van der Waals surface area (Å²) in [5.41, 5.74) is 1.31. The van der Waals surface area contributed by atoms with E-state index in [4.69, 9.17) is 0 Å². The van der Waals surface area contributed by atoms with E-state index in [0.717, 1.165) is 16.5 Å². The number of anilines is 1. The second kappa shape index (κ2) is 6.80. The van der Waals surface area contributed by atoms with Gasteiger partial charge in [-0.05, 0) is 23.6 Å². The zero-order valence-electron chi connectivity index (χ0n) is 14.1. The Balaban J connectivity index is 1.51. The number of hydrogen-bond donors (Lipinski definition) is 1. The number of nitrogens with zero attached hydrogens (tertiary/aromatic N) is 2. The highest BCUT2D eigenvalue weighted by Crippen LogP contribution is 2.23. The monoisotopic (exact) mass is 343 g/mol. The number of amides is 1. The minimum Gasteiger partial charge on any atom is -0.325 e. The molecule has 0 aliphatic rings. The van der Waals surface area contributed by atoms with E-state index in [1.54, 1.807) is 12.1 Å². The molecule has 0 atom stereocenters. The number of fused-ring (bicyclic) bond motifs is 2. The van der Waals surface area contributed by atoms with Crippen molar-refractivity contribution in [2.45, 2.75) is 13.0 Å². The maximum Gasteiger partial charge on any atom is 0.261 e. The summed E-state index contributed by atoms with van der Waals surface area (Å²) in [4.78, 5) is 29.1. The average molecular weight is 343 g/mol. The van der Waals surface area contributed by atoms with Gasteiger partial charge < -0.3 is 5.32 Å². The molecule has 4 aromatic rings. The Morgan fingerprint density at radius 2 is 1.65 bits per heavy atom. The summed E-state index contributed by atoms with van der Waals surface area (Å²) in [5.74, 6) is -0.138. The van der Waals surface area contributed by atoms with Crippen molar-refractivity contribution in [3.05, 3.63) is 83.4 Å². The number of aromatic nitrogens is 2. The van der Waals surface area contributed by atoms with Crippen LogP contribution in [0.5, 0.6) is 0 Å². The van der Waals surface area contributed by atoms with E-state index in [1.165, 1.54) is 10.9 Å². The zero-order chi connectivity index (χ0) is 17.9. The Hall–Kier alpha value is -3.47. The molecule has 128 valence electrons. The number of carbonyl (C=O) groups is 1. The Kier molecular flexibility index (Phi) is 4.19. The molecule has 0 radical (unpaired) electrons. The van der Waals surface area contributed by atoms with E-state index < -0.39 is 0 Å². The number of para-hydroxylation sites is 1. The zero-order valence-corrected chi connectivity index (χ0v) is 14.1. The van der Waals surface area contributed by atoms with Gasteiger partial charge in [-0.25, -0.2) is 4.98 Å². The summed E-state index contributed by atoms with van der Waals surface area (Å²) in [6, 6.07) is 20.9. The van der Waals surface area contributed by atoms with E-state index >= 15 is 0 Å². The molecule has 0 fully saturated rings. The van der Waals surface area contributed by atoms with Crippen molar-refractivity contribution in [2.24, 2.45) is 0 Å². The van der Waals surface area contributed by atoms with Crippen LogP contribution >= 0.6 is 0 Å². The van der Waals surface area contributed by atoms with E-state index in [0.29, 0.717) is 10.9 Å². The summed E-state index contributed by atoms with van der Waals surface area (Å²) >= 11 is 0. The molecule has 0 aliphatic heterocycles. The van der Waals surface area contributed by atoms with Gasteiger partial charge >= 0.3 is 0 Å². The van der Waals surface area contributed by atoms with E-state index in [-0.39, 0.29) is 24.4 Å². The molecule has 0 aliphatic carbocycles. The molecule has 3 aromatic carbocycles. The molecular weight excluding hydrogens is 326 g/mol. The van der Waals surface area contributed by atoms with Crippen LogP contribution in [0, 0.1) is 0 Å². The minimum absolute atomic E-state index is 0.131. The fourth-order valence-electron chi connectivity index (χ4n) is 3.03. The van der Waals surface area contributed by atoms with Gasteiger partial charge in [0.15, 0.2) is 0 Å². The topological polar surface area (TPSA) is 64.0 Å². The summed E-state index contributed by atoms with van der Waals surface area (Å²) in [6.07, 6.45) is 1.69. The van der Waals surface area contributed by atoms with E-state index in [2.05, 4.69) is 10.3 Å². The van der Waals surface area contributed by atoms with Gasteiger partial charge in [-0.3, -0.25) is 14.2 Å². The smallest absolute Gasteiger partial charge is 0.261 e. The van der Waals surface area contributed by atoms with Crippen molar-refractivity contribution in [2.75, 3.05) is 5.32 Å². The molecule has 0 bridgehead atoms. The number of carbonyl (C=O) groups excluding carboxylic acids is 1. The molecule has 1 aromatic heterocycles. The van der Waals surface area contributed by atoms with Gasteiger partial charge in [-0.15, -0.1) is 0 Å². The van der Waals surface area contributed by atoms with Crippen LogP contribution in [0.4, 0.5) is 5.69 Å². The molecule has 0 spiro atoms. The number of nitrogens with one attached hydrogen (secondary N) is 1. The maximum atomic E-state index is 12.5. The molecule has 5 heteroatoms. The van der Waals surface area contributed by atoms with Gasteiger partial charge in [0, 0.05) is 24.0 Å². The Labute approximate surface area is 149 Å². The summed E-state index contributed by atoms with van der Waals surface area (Å²) < 4.78 is 1.48. The third-order valence-corrected chi connectivity index (χ3v) is 4.38. The first-order valence-corrected chi connectivity index (χ1v) is 8.44. The second-order valence-corrected chi connectivity index (χ2v) is 6.09. The van der Waals surface area contributed by atoms with Gasteiger partial charge in [-0.1, -0.05) is 48.5 Å². The first-order chi connectivity index (χ1) is 12.7. The molecule has 0 unspecified atom stereocenters. The maximum absolute atomic E-state index is 12.5. The standard InChI is InChI=1S/C21H17N3O2/c25-20(23-19-11-5-7-15-6-1-2-8-16(15)19)12-13-24-14-22-18-10-4-3-9-17(18)21(24)26/h1-11,14H,12-13H2,(H,23,25). The number of aryl methyl sites for hydroxylation is 1. The lowest BCUT2D eigenvalue weighted by atomic mass is 10.1. The van der Waals surface area contributed by atoms with Gasteiger partial charge in [0.2, 0.25) is 5.91 Å². The minimum atomic E-state index is -0.138. The average Bonchev–Trinajstić information content (AvgIpc) is 2.68. The van der Waals surface area contributed by atoms with Crippen molar-refractivity contribution < 1.29 is 4.79 Å². The predicted molar refractivity (Wildman–Crippen MR) is 103 cm³/mol. The first kappa shape index (κ1) is 16.0. The van der Waals surface area contributed by atoms with Crippen molar-refractivity contribution >= 4 is 33.3 Å². The normalized spacial score (nSPS) is 10.9. The second-order valence-electron chi connectivity index (χ2n) is 6.09. The molecule has 1 amide bonds. The highest BCUT2D eigenvalue weighted by Gasteiger charge is 2.08. The first-order valence-electron chi connectivity index (χ1n) is 8.44. The molecule has 26 heavy (non-hydrogen) atoms. The molecule has 1 N–H and O–H groups in total. The van der Waals surface area contributed by atoms with Crippen molar-refractivity contribution in [3.8, 4) is 0 Å². The van der Waals surface area contributed by atoms with Crippen LogP contribution in [0.2, 0.25) is 0 Å². The highest BCUT2D eigenvalue weighted by molar-refractivity contribution is 6.02. The number of hydrogen-bond acceptors (Lipinski definition) is 3. The predicted octanol–water partition coefficient (Wildman–Crippen LogP) is 3.58. The van der Waals surface area contributed by atoms with Gasteiger partial charge in [0.05, 0.1) is 17.2 Å². The van der Waals surface area contributed by atoms with Crippen LogP contribution in [0.25, 0.3) is 21.7 Å². The Bertz CT molecular complexity index is 1160. The van der Waals surface area contributed by atoms with Gasteiger partial charge in [0.1, 0.15) is 0 Å². The molecule has 5 nitrogen and oxygen atoms in total. The quantitative estimate of drug-likeness (QED) is 0.616. The van der Waals surface area contributed by atoms with Gasteiger partial charge in [-0.2, -0.15) is 0 Å². The van der Waals surface area contributed by atoms with Gasteiger partial charge in [0.25, 0.3) is 5.56 Å². The lowest BCUT2D eigenvalue weighted by Crippen LogP contribution is -2.23. The van der Waals surface area contributed by atoms with Crippen LogP contribution in [-0.4, -0.2) is 15.5 Å². The third-order valence-electron chi connectivity index (χ3n) is 4.38. The number of benzene rings is 3. The SMILES string of the molecule is O=C(CCn1cnc2ccccc2c1=O)Nc1cccc2ccccc12. The molecule has 1 heterocycles. The fourth-order valence-corrected chi connectivity index (χ4v) is 3.03. The van der Waals surface area contributed by atoms with Crippen molar-refractivity contribution in [1.29, 1.82) is 0 Å². The van der Waals surface area contributed by atoms with Crippen LogP contribution in [0.3, 0.4) is 0 Å². The van der Waals surface area contributed by atoms with Crippen LogP contribution < -0.4 is 10.9 Å². The van der Waals surface area contributed by atoms with Crippen LogP contribution in [0.15, 0.2) is 77.9 Å². The Morgan fingerprint density at radius 1 is 0.923 bits per heavy atom. The summed E-state index contributed by atoms with van der Waals surface area (Å²) in [5, 5.41) is 5.56. The summed E-state index contributed by atoms with van der Waals surface area (Å²) in [7, 11) is 0. The molecule has 4 rings (SSSR count). The summed E-state index contributed by atoms with van der Waals surface area (Å²) in [6.45, 7) is 0.285. The fraction of sp³-hybridized carbons (Fsp3) is 0.0952. The van der Waals surface area contributed by atoms with E-state index in [9.17, 15) is 9.59 Å². The lowest BCUT2D eigenvalue weighted by molar-refractivity contribution is -0.116. The van der Waals surface area contributed by atoms with Crippen LogP contribution in [-0.2, 0) is 11.3 Å². The Morgan fingerprint density at radius 3 is 2.54 bits per heavy atom.